The minimum Gasteiger partial charge on any atom is -0.291 e. The summed E-state index contributed by atoms with van der Waals surface area (Å²) < 4.78 is 2.66. The van der Waals surface area contributed by atoms with Crippen molar-refractivity contribution < 1.29 is 0 Å². The number of aromatic amines is 1. The molecule has 0 bridgehead atoms. The maximum absolute atomic E-state index is 13.5. The van der Waals surface area contributed by atoms with Crippen LogP contribution in [0.5, 0.6) is 0 Å². The van der Waals surface area contributed by atoms with E-state index < -0.39 is 0 Å². The second kappa shape index (κ2) is 9.08. The van der Waals surface area contributed by atoms with E-state index in [2.05, 4.69) is 36.3 Å². The van der Waals surface area contributed by atoms with Crippen molar-refractivity contribution in [3.63, 3.8) is 0 Å². The van der Waals surface area contributed by atoms with E-state index in [4.69, 9.17) is 9.98 Å². The summed E-state index contributed by atoms with van der Waals surface area (Å²) in [5.41, 5.74) is 4.50. The molecule has 0 unspecified atom stereocenters. The molecule has 32 heavy (non-hydrogen) atoms. The third kappa shape index (κ3) is 4.32. The number of benzene rings is 2. The van der Waals surface area contributed by atoms with Crippen LogP contribution in [0.2, 0.25) is 0 Å². The van der Waals surface area contributed by atoms with E-state index in [0.29, 0.717) is 22.5 Å². The second-order valence-electron chi connectivity index (χ2n) is 8.32. The predicted octanol–water partition coefficient (Wildman–Crippen LogP) is 6.13. The molecule has 4 aromatic rings. The number of para-hydroxylation sites is 1. The summed E-state index contributed by atoms with van der Waals surface area (Å²) in [5.74, 6) is 0.670. The molecule has 0 amide bonds. The minimum absolute atomic E-state index is 0.0668. The van der Waals surface area contributed by atoms with E-state index in [-0.39, 0.29) is 5.56 Å². The Morgan fingerprint density at radius 2 is 1.94 bits per heavy atom. The molecule has 0 atom stereocenters. The Hall–Kier alpha value is -2.64. The molecule has 1 N–H and O–H groups in total. The lowest BCUT2D eigenvalue weighted by atomic mass is 10.1. The van der Waals surface area contributed by atoms with E-state index in [1.165, 1.54) is 34.6 Å². The number of aryl methyl sites for hydroxylation is 1. The van der Waals surface area contributed by atoms with Crippen LogP contribution in [0.1, 0.15) is 49.4 Å². The van der Waals surface area contributed by atoms with Gasteiger partial charge in [0.15, 0.2) is 0 Å². The first-order valence-electron chi connectivity index (χ1n) is 11.0. The van der Waals surface area contributed by atoms with Crippen LogP contribution in [0.25, 0.3) is 15.3 Å². The molecule has 1 aliphatic rings. The largest absolute Gasteiger partial charge is 0.291 e. The molecule has 1 fully saturated rings. The van der Waals surface area contributed by atoms with Gasteiger partial charge in [0.2, 0.25) is 5.13 Å². The molecule has 1 aliphatic carbocycles. The van der Waals surface area contributed by atoms with Gasteiger partial charge in [-0.05, 0) is 51.0 Å². The van der Waals surface area contributed by atoms with Crippen LogP contribution in [0.3, 0.4) is 0 Å². The van der Waals surface area contributed by atoms with Crippen molar-refractivity contribution in [2.45, 2.75) is 56.2 Å². The lowest BCUT2D eigenvalue weighted by Crippen LogP contribution is -2.20. The summed E-state index contributed by atoms with van der Waals surface area (Å²) >= 11 is 3.24. The van der Waals surface area contributed by atoms with Crippen LogP contribution in [-0.4, -0.2) is 26.5 Å². The monoisotopic (exact) mass is 462 g/mol. The average molecular weight is 463 g/mol. The molecule has 164 valence electrons. The van der Waals surface area contributed by atoms with Crippen LogP contribution in [-0.2, 0) is 5.75 Å². The van der Waals surface area contributed by atoms with Gasteiger partial charge >= 0.3 is 0 Å². The standard InChI is InChI=1S/C25H26N4OS2/c1-16-11-13-19(14-12-16)31-15-21-23(17(2)26-18-7-3-4-8-18)24(30)29(28-21)25-27-20-9-5-6-10-22(20)32-25/h5-6,9-14,18,28H,3-4,7-8,15H2,1-2H3. The quantitative estimate of drug-likeness (QED) is 0.277. The number of aliphatic imine (C=N–C) groups is 1. The maximum atomic E-state index is 13.5. The maximum Gasteiger partial charge on any atom is 0.282 e. The van der Waals surface area contributed by atoms with Gasteiger partial charge in [-0.25, -0.2) is 4.98 Å². The zero-order valence-corrected chi connectivity index (χ0v) is 19.9. The number of nitrogens with zero attached hydrogens (tertiary/aromatic N) is 3. The van der Waals surface area contributed by atoms with Crippen LogP contribution in [0, 0.1) is 6.92 Å². The molecule has 0 aliphatic heterocycles. The molecular formula is C25H26N4OS2. The van der Waals surface area contributed by atoms with Crippen molar-refractivity contribution in [1.29, 1.82) is 0 Å². The molecule has 5 nitrogen and oxygen atoms in total. The Kier molecular flexibility index (Phi) is 6.02. The van der Waals surface area contributed by atoms with Gasteiger partial charge in [-0.2, -0.15) is 4.68 Å². The SMILES string of the molecule is CC(=NC1CCCC1)c1c(CSc2ccc(C)cc2)[nH]n(-c2nc3ccccc3s2)c1=O. The van der Waals surface area contributed by atoms with Crippen molar-refractivity contribution in [2.75, 3.05) is 0 Å². The molecule has 1 saturated carbocycles. The first kappa shape index (κ1) is 21.2. The summed E-state index contributed by atoms with van der Waals surface area (Å²) in [6.45, 7) is 4.07. The van der Waals surface area contributed by atoms with Crippen LogP contribution < -0.4 is 5.56 Å². The summed E-state index contributed by atoms with van der Waals surface area (Å²) in [6.07, 6.45) is 4.67. The number of thioether (sulfide) groups is 1. The van der Waals surface area contributed by atoms with Gasteiger partial charge in [0.1, 0.15) is 0 Å². The Balaban J connectivity index is 1.54. The fourth-order valence-electron chi connectivity index (χ4n) is 4.21. The summed E-state index contributed by atoms with van der Waals surface area (Å²) in [4.78, 5) is 24.4. The minimum atomic E-state index is -0.0668. The van der Waals surface area contributed by atoms with Crippen LogP contribution in [0.15, 0.2) is 63.2 Å². The van der Waals surface area contributed by atoms with E-state index >= 15 is 0 Å². The van der Waals surface area contributed by atoms with Crippen LogP contribution in [0.4, 0.5) is 0 Å². The van der Waals surface area contributed by atoms with Crippen molar-refractivity contribution in [1.82, 2.24) is 14.8 Å². The number of hydrogen-bond acceptors (Lipinski definition) is 5. The third-order valence-electron chi connectivity index (χ3n) is 5.91. The van der Waals surface area contributed by atoms with Crippen molar-refractivity contribution >= 4 is 39.0 Å². The molecule has 7 heteroatoms. The van der Waals surface area contributed by atoms with Gasteiger partial charge < -0.3 is 0 Å². The molecule has 0 saturated heterocycles. The highest BCUT2D eigenvalue weighted by Crippen LogP contribution is 2.27. The summed E-state index contributed by atoms with van der Waals surface area (Å²) in [7, 11) is 0. The van der Waals surface area contributed by atoms with Gasteiger partial charge in [0.25, 0.3) is 5.56 Å². The van der Waals surface area contributed by atoms with Crippen molar-refractivity contribution in [3.8, 4) is 5.13 Å². The van der Waals surface area contributed by atoms with Gasteiger partial charge in [-0.15, -0.1) is 11.8 Å². The van der Waals surface area contributed by atoms with E-state index in [1.807, 2.05) is 31.2 Å². The molecule has 2 aromatic heterocycles. The highest BCUT2D eigenvalue weighted by Gasteiger charge is 2.22. The van der Waals surface area contributed by atoms with Gasteiger partial charge in [-0.1, -0.05) is 54.0 Å². The van der Waals surface area contributed by atoms with E-state index in [1.54, 1.807) is 16.4 Å². The Bertz CT molecular complexity index is 1290. The van der Waals surface area contributed by atoms with Gasteiger partial charge in [0.05, 0.1) is 27.5 Å². The number of nitrogens with one attached hydrogen (secondary N) is 1. The van der Waals surface area contributed by atoms with Gasteiger partial charge in [-0.3, -0.25) is 14.9 Å². The Morgan fingerprint density at radius 3 is 2.69 bits per heavy atom. The molecular weight excluding hydrogens is 436 g/mol. The first-order chi connectivity index (χ1) is 15.6. The average Bonchev–Trinajstić information content (AvgIpc) is 3.51. The van der Waals surface area contributed by atoms with E-state index in [9.17, 15) is 4.79 Å². The molecule has 0 radical (unpaired) electrons. The zero-order chi connectivity index (χ0) is 22.1. The van der Waals surface area contributed by atoms with Crippen molar-refractivity contribution in [3.05, 3.63) is 75.7 Å². The normalized spacial score (nSPS) is 15.1. The molecule has 2 aromatic carbocycles. The fourth-order valence-corrected chi connectivity index (χ4v) is 5.99. The lowest BCUT2D eigenvalue weighted by molar-refractivity contribution is 0.706. The topological polar surface area (TPSA) is 63.0 Å². The van der Waals surface area contributed by atoms with E-state index in [0.717, 1.165) is 34.5 Å². The smallest absolute Gasteiger partial charge is 0.282 e. The second-order valence-corrected chi connectivity index (χ2v) is 10.4. The Morgan fingerprint density at radius 1 is 1.19 bits per heavy atom. The van der Waals surface area contributed by atoms with Gasteiger partial charge in [0, 0.05) is 16.4 Å². The Labute approximate surface area is 195 Å². The molecule has 2 heterocycles. The van der Waals surface area contributed by atoms with Crippen LogP contribution >= 0.6 is 23.1 Å². The number of thiazole rings is 1. The molecule has 0 spiro atoms. The number of fused-ring (bicyclic) bond motifs is 1. The lowest BCUT2D eigenvalue weighted by Gasteiger charge is -2.06. The number of H-pyrrole nitrogens is 1. The highest BCUT2D eigenvalue weighted by atomic mass is 32.2. The number of rotatable bonds is 6. The highest BCUT2D eigenvalue weighted by molar-refractivity contribution is 7.98. The van der Waals surface area contributed by atoms with Crippen molar-refractivity contribution in [2.24, 2.45) is 4.99 Å². The summed E-state index contributed by atoms with van der Waals surface area (Å²) in [5, 5.41) is 4.03. The number of aromatic nitrogens is 3. The third-order valence-corrected chi connectivity index (χ3v) is 7.97. The molecule has 5 rings (SSSR count). The number of hydrogen-bond donors (Lipinski definition) is 1. The fraction of sp³-hybridized carbons (Fsp3) is 0.320. The summed E-state index contributed by atoms with van der Waals surface area (Å²) in [6, 6.07) is 16.8. The zero-order valence-electron chi connectivity index (χ0n) is 18.3. The predicted molar refractivity (Wildman–Crippen MR) is 135 cm³/mol. The first-order valence-corrected chi connectivity index (χ1v) is 12.8.